The normalized spacial score (nSPS) is 10.1. The van der Waals surface area contributed by atoms with E-state index in [4.69, 9.17) is 9.47 Å². The molecule has 0 saturated carbocycles. The van der Waals surface area contributed by atoms with Gasteiger partial charge < -0.3 is 9.47 Å². The average molecular weight is 457 g/mol. The molecule has 0 N–H and O–H groups in total. The molecule has 3 aromatic carbocycles. The maximum absolute atomic E-state index is 12.8. The third kappa shape index (κ3) is 4.96. The number of nitrogens with zero attached hydrogens (tertiary/aromatic N) is 2. The number of anilines is 1. The molecular weight excluding hydrogens is 444 g/mol. The Balaban J connectivity index is 2.01. The molecule has 3 rings (SSSR count). The second-order valence-corrected chi connectivity index (χ2v) is 6.50. The van der Waals surface area contributed by atoms with Crippen LogP contribution in [0, 0.1) is 10.1 Å². The fourth-order valence-electron chi connectivity index (χ4n) is 2.37. The zero-order chi connectivity index (χ0) is 20.8. The number of carbonyl (C=O) groups excluding carboxylic acids is 2. The Hall–Kier alpha value is -3.72. The van der Waals surface area contributed by atoms with Gasteiger partial charge >= 0.3 is 12.2 Å². The Morgan fingerprint density at radius 1 is 0.828 bits per heavy atom. The predicted molar refractivity (Wildman–Crippen MR) is 108 cm³/mol. The molecule has 0 spiro atoms. The highest BCUT2D eigenvalue weighted by Crippen LogP contribution is 2.33. The van der Waals surface area contributed by atoms with Gasteiger partial charge in [0.25, 0.3) is 5.69 Å². The third-order valence-corrected chi connectivity index (χ3v) is 4.13. The smallest absolute Gasteiger partial charge is 0.410 e. The molecule has 0 unspecified atom stereocenters. The maximum Gasteiger partial charge on any atom is 0.429 e. The quantitative estimate of drug-likeness (QED) is 0.376. The van der Waals surface area contributed by atoms with Gasteiger partial charge in [-0.2, -0.15) is 4.90 Å². The Bertz CT molecular complexity index is 990. The minimum atomic E-state index is -1.15. The topological polar surface area (TPSA) is 99.0 Å². The first-order chi connectivity index (χ1) is 14.0. The number of hydrogen-bond acceptors (Lipinski definition) is 6. The lowest BCUT2D eigenvalue weighted by Gasteiger charge is -2.20. The highest BCUT2D eigenvalue weighted by molar-refractivity contribution is 9.10. The largest absolute Gasteiger partial charge is 0.429 e. The van der Waals surface area contributed by atoms with Crippen molar-refractivity contribution in [2.45, 2.75) is 0 Å². The second kappa shape index (κ2) is 8.98. The molecule has 0 radical (unpaired) electrons. The van der Waals surface area contributed by atoms with Crippen LogP contribution in [-0.2, 0) is 0 Å². The number of para-hydroxylation sites is 2. The van der Waals surface area contributed by atoms with E-state index in [2.05, 4.69) is 15.9 Å². The Kier molecular flexibility index (Phi) is 6.20. The number of rotatable bonds is 4. The Labute approximate surface area is 173 Å². The molecule has 29 heavy (non-hydrogen) atoms. The number of ether oxygens (including phenoxy) is 2. The van der Waals surface area contributed by atoms with Crippen molar-refractivity contribution >= 4 is 39.5 Å². The molecule has 8 nitrogen and oxygen atoms in total. The van der Waals surface area contributed by atoms with Crippen molar-refractivity contribution in [1.29, 1.82) is 0 Å². The Morgan fingerprint density at radius 2 is 1.31 bits per heavy atom. The van der Waals surface area contributed by atoms with Crippen molar-refractivity contribution in [2.75, 3.05) is 4.90 Å². The summed E-state index contributed by atoms with van der Waals surface area (Å²) in [5.74, 6) is 0.320. The predicted octanol–water partition coefficient (Wildman–Crippen LogP) is 5.56. The minimum Gasteiger partial charge on any atom is -0.410 e. The van der Waals surface area contributed by atoms with E-state index in [0.29, 0.717) is 9.37 Å². The van der Waals surface area contributed by atoms with Crippen LogP contribution in [0.4, 0.5) is 21.0 Å². The lowest BCUT2D eigenvalue weighted by atomic mass is 10.2. The number of nitro benzene ring substituents is 1. The zero-order valence-electron chi connectivity index (χ0n) is 14.7. The molecule has 0 bridgehead atoms. The van der Waals surface area contributed by atoms with Gasteiger partial charge in [0, 0.05) is 10.5 Å². The van der Waals surface area contributed by atoms with Gasteiger partial charge in [-0.25, -0.2) is 9.59 Å². The first-order valence-electron chi connectivity index (χ1n) is 8.23. The van der Waals surface area contributed by atoms with E-state index in [1.54, 1.807) is 36.4 Å². The van der Waals surface area contributed by atoms with E-state index in [9.17, 15) is 19.7 Å². The average Bonchev–Trinajstić information content (AvgIpc) is 2.69. The van der Waals surface area contributed by atoms with E-state index in [-0.39, 0.29) is 17.2 Å². The third-order valence-electron chi connectivity index (χ3n) is 3.64. The van der Waals surface area contributed by atoms with Crippen LogP contribution in [0.25, 0.3) is 0 Å². The van der Waals surface area contributed by atoms with E-state index in [0.717, 1.165) is 6.07 Å². The van der Waals surface area contributed by atoms with Gasteiger partial charge in [-0.15, -0.1) is 0 Å². The molecule has 0 aliphatic rings. The summed E-state index contributed by atoms with van der Waals surface area (Å²) in [6.45, 7) is 0. The minimum absolute atomic E-state index is 0.160. The highest BCUT2D eigenvalue weighted by atomic mass is 79.9. The molecule has 0 atom stereocenters. The van der Waals surface area contributed by atoms with E-state index in [1.807, 2.05) is 0 Å². The lowest BCUT2D eigenvalue weighted by Crippen LogP contribution is -2.41. The molecule has 3 aromatic rings. The van der Waals surface area contributed by atoms with Gasteiger partial charge in [-0.3, -0.25) is 10.1 Å². The van der Waals surface area contributed by atoms with E-state index in [1.165, 1.54) is 36.4 Å². The summed E-state index contributed by atoms with van der Waals surface area (Å²) < 4.78 is 10.8. The van der Waals surface area contributed by atoms with Crippen LogP contribution in [0.3, 0.4) is 0 Å². The van der Waals surface area contributed by atoms with Crippen molar-refractivity contribution in [3.05, 3.63) is 93.4 Å². The number of imide groups is 1. The van der Waals surface area contributed by atoms with Gasteiger partial charge in [0.2, 0.25) is 0 Å². The Morgan fingerprint density at radius 3 is 1.76 bits per heavy atom. The van der Waals surface area contributed by atoms with Crippen molar-refractivity contribution in [3.8, 4) is 11.5 Å². The SMILES string of the molecule is O=C(Oc1ccccc1)N(C(=O)Oc1ccccc1)c1cc(Br)ccc1[N+](=O)[O-]. The van der Waals surface area contributed by atoms with Gasteiger partial charge in [-0.05, 0) is 36.4 Å². The van der Waals surface area contributed by atoms with E-state index >= 15 is 0 Å². The van der Waals surface area contributed by atoms with Crippen LogP contribution >= 0.6 is 15.9 Å². The molecule has 2 amide bonds. The summed E-state index contributed by atoms with van der Waals surface area (Å²) >= 11 is 3.19. The van der Waals surface area contributed by atoms with Crippen LogP contribution in [0.5, 0.6) is 11.5 Å². The molecule has 9 heteroatoms. The monoisotopic (exact) mass is 456 g/mol. The van der Waals surface area contributed by atoms with Gasteiger partial charge in [0.05, 0.1) is 4.92 Å². The molecule has 0 aliphatic heterocycles. The fraction of sp³-hybridized carbons (Fsp3) is 0. The standard InChI is InChI=1S/C20H13BrN2O6/c21-14-11-12-17(23(26)27)18(13-14)22(19(24)28-15-7-3-1-4-8-15)20(25)29-16-9-5-2-6-10-16/h1-13H. The van der Waals surface area contributed by atoms with Crippen molar-refractivity contribution in [2.24, 2.45) is 0 Å². The summed E-state index contributed by atoms with van der Waals surface area (Å²) in [5.41, 5.74) is -0.769. The summed E-state index contributed by atoms with van der Waals surface area (Å²) in [6.07, 6.45) is -2.31. The lowest BCUT2D eigenvalue weighted by molar-refractivity contribution is -0.384. The number of nitro groups is 1. The molecular formula is C20H13BrN2O6. The number of carbonyl (C=O) groups is 2. The van der Waals surface area contributed by atoms with E-state index < -0.39 is 22.8 Å². The van der Waals surface area contributed by atoms with Crippen LogP contribution in [0.1, 0.15) is 0 Å². The van der Waals surface area contributed by atoms with Crippen LogP contribution in [0.2, 0.25) is 0 Å². The van der Waals surface area contributed by atoms with Gasteiger partial charge in [-0.1, -0.05) is 52.3 Å². The van der Waals surface area contributed by atoms with Crippen LogP contribution in [0.15, 0.2) is 83.3 Å². The second-order valence-electron chi connectivity index (χ2n) is 5.59. The number of benzene rings is 3. The molecule has 0 aromatic heterocycles. The molecule has 146 valence electrons. The summed E-state index contributed by atoms with van der Waals surface area (Å²) in [4.78, 5) is 36.8. The van der Waals surface area contributed by atoms with Crippen molar-refractivity contribution in [3.63, 3.8) is 0 Å². The fourth-order valence-corrected chi connectivity index (χ4v) is 2.72. The van der Waals surface area contributed by atoms with Crippen molar-refractivity contribution < 1.29 is 24.0 Å². The highest BCUT2D eigenvalue weighted by Gasteiger charge is 2.33. The molecule has 0 aliphatic carbocycles. The first-order valence-corrected chi connectivity index (χ1v) is 9.03. The molecule has 0 fully saturated rings. The van der Waals surface area contributed by atoms with Gasteiger partial charge in [0.1, 0.15) is 17.2 Å². The van der Waals surface area contributed by atoms with Crippen LogP contribution in [-0.4, -0.2) is 17.1 Å². The molecule has 0 saturated heterocycles. The molecule has 0 heterocycles. The summed E-state index contributed by atoms with van der Waals surface area (Å²) in [5, 5.41) is 11.5. The summed E-state index contributed by atoms with van der Waals surface area (Å²) in [6, 6.07) is 19.9. The number of amides is 2. The zero-order valence-corrected chi connectivity index (χ0v) is 16.3. The van der Waals surface area contributed by atoms with Crippen LogP contribution < -0.4 is 14.4 Å². The number of hydrogen-bond donors (Lipinski definition) is 0. The maximum atomic E-state index is 12.8. The van der Waals surface area contributed by atoms with Crippen molar-refractivity contribution in [1.82, 2.24) is 0 Å². The first kappa shape index (κ1) is 20.0. The van der Waals surface area contributed by atoms with Gasteiger partial charge in [0.15, 0.2) is 0 Å². The summed E-state index contributed by atoms with van der Waals surface area (Å²) in [7, 11) is 0. The number of halogens is 1.